The number of nitrogens with zero attached hydrogens (tertiary/aromatic N) is 1. The van der Waals surface area contributed by atoms with E-state index in [0.717, 1.165) is 66.3 Å². The van der Waals surface area contributed by atoms with Gasteiger partial charge in [-0.2, -0.15) is 0 Å². The Hall–Kier alpha value is -5.02. The molecular weight excluding hydrogens is 454 g/mol. The molecule has 0 radical (unpaired) electrons. The van der Waals surface area contributed by atoms with Crippen LogP contribution in [0.15, 0.2) is 136 Å². The Balaban J connectivity index is 1.49. The maximum atomic E-state index is 6.51. The van der Waals surface area contributed by atoms with Crippen LogP contribution in [0.25, 0.3) is 54.6 Å². The third-order valence-electron chi connectivity index (χ3n) is 7.24. The third-order valence-corrected chi connectivity index (χ3v) is 7.24. The van der Waals surface area contributed by atoms with Crippen LogP contribution in [-0.2, 0) is 0 Å². The molecule has 3 nitrogen and oxygen atoms in total. The van der Waals surface area contributed by atoms with Gasteiger partial charge in [-0.15, -0.1) is 0 Å². The molecule has 0 aliphatic rings. The molecule has 0 amide bonds. The summed E-state index contributed by atoms with van der Waals surface area (Å²) in [5.74, 6) is 0. The van der Waals surface area contributed by atoms with E-state index in [2.05, 4.69) is 114 Å². The van der Waals surface area contributed by atoms with E-state index in [4.69, 9.17) is 8.83 Å². The van der Waals surface area contributed by atoms with Gasteiger partial charge < -0.3 is 13.7 Å². The third kappa shape index (κ3) is 2.95. The normalized spacial score (nSPS) is 11.8. The van der Waals surface area contributed by atoms with Crippen molar-refractivity contribution in [3.63, 3.8) is 0 Å². The molecule has 0 saturated carbocycles. The first-order chi connectivity index (χ1) is 18.4. The molecule has 0 bridgehead atoms. The van der Waals surface area contributed by atoms with Crippen LogP contribution in [0.2, 0.25) is 0 Å². The molecule has 0 spiro atoms. The van der Waals surface area contributed by atoms with Crippen molar-refractivity contribution < 1.29 is 8.83 Å². The van der Waals surface area contributed by atoms with Gasteiger partial charge in [0.2, 0.25) is 0 Å². The second-order valence-corrected chi connectivity index (χ2v) is 9.34. The summed E-state index contributed by atoms with van der Waals surface area (Å²) in [7, 11) is 0. The molecule has 0 aliphatic heterocycles. The number of para-hydroxylation sites is 3. The Morgan fingerprint density at radius 1 is 0.405 bits per heavy atom. The predicted molar refractivity (Wildman–Crippen MR) is 153 cm³/mol. The summed E-state index contributed by atoms with van der Waals surface area (Å²) in [4.78, 5) is 2.29. The number of fused-ring (bicyclic) bond motifs is 8. The zero-order chi connectivity index (χ0) is 24.3. The zero-order valence-electron chi connectivity index (χ0n) is 19.9. The molecule has 0 unspecified atom stereocenters. The number of anilines is 3. The van der Waals surface area contributed by atoms with Crippen LogP contribution < -0.4 is 4.90 Å². The average molecular weight is 476 g/mol. The van der Waals surface area contributed by atoms with Crippen molar-refractivity contribution >= 4 is 71.7 Å². The molecule has 8 aromatic rings. The Morgan fingerprint density at radius 3 is 2.00 bits per heavy atom. The smallest absolute Gasteiger partial charge is 0.159 e. The van der Waals surface area contributed by atoms with E-state index in [-0.39, 0.29) is 0 Å². The molecule has 2 aromatic heterocycles. The number of furan rings is 2. The monoisotopic (exact) mass is 475 g/mol. The molecule has 2 heterocycles. The van der Waals surface area contributed by atoms with Crippen molar-refractivity contribution in [3.8, 4) is 0 Å². The Morgan fingerprint density at radius 2 is 1.08 bits per heavy atom. The molecule has 8 rings (SSSR count). The molecule has 0 N–H and O–H groups in total. The number of rotatable bonds is 3. The van der Waals surface area contributed by atoms with Gasteiger partial charge in [0.1, 0.15) is 16.7 Å². The first-order valence-corrected chi connectivity index (χ1v) is 12.5. The minimum atomic E-state index is 0.863. The van der Waals surface area contributed by atoms with Gasteiger partial charge in [0, 0.05) is 27.2 Å². The SMILES string of the molecule is c1ccc(N(c2cccc3c2oc2ccccc23)c2cccc3oc4c5ccccc5ccc4c23)cc1. The fourth-order valence-electron chi connectivity index (χ4n) is 5.61. The Bertz CT molecular complexity index is 2100. The van der Waals surface area contributed by atoms with E-state index in [1.54, 1.807) is 0 Å². The lowest BCUT2D eigenvalue weighted by molar-refractivity contribution is 0.669. The van der Waals surface area contributed by atoms with Crippen molar-refractivity contribution in [2.45, 2.75) is 0 Å². The lowest BCUT2D eigenvalue weighted by Crippen LogP contribution is -2.10. The summed E-state index contributed by atoms with van der Waals surface area (Å²) in [6.45, 7) is 0. The molecule has 0 fully saturated rings. The maximum Gasteiger partial charge on any atom is 0.159 e. The van der Waals surface area contributed by atoms with E-state index in [0.29, 0.717) is 0 Å². The van der Waals surface area contributed by atoms with Crippen molar-refractivity contribution in [2.75, 3.05) is 4.90 Å². The summed E-state index contributed by atoms with van der Waals surface area (Å²) < 4.78 is 13.0. The van der Waals surface area contributed by atoms with Gasteiger partial charge in [-0.3, -0.25) is 0 Å². The van der Waals surface area contributed by atoms with Gasteiger partial charge in [0.25, 0.3) is 0 Å². The largest absolute Gasteiger partial charge is 0.455 e. The second-order valence-electron chi connectivity index (χ2n) is 9.34. The van der Waals surface area contributed by atoms with Gasteiger partial charge in [0.15, 0.2) is 5.58 Å². The summed E-state index contributed by atoms with van der Waals surface area (Å²) in [5, 5.41) is 6.69. The van der Waals surface area contributed by atoms with Crippen molar-refractivity contribution in [1.29, 1.82) is 0 Å². The van der Waals surface area contributed by atoms with Gasteiger partial charge in [-0.05, 0) is 47.9 Å². The number of hydrogen-bond donors (Lipinski definition) is 0. The van der Waals surface area contributed by atoms with Crippen LogP contribution in [0, 0.1) is 0 Å². The van der Waals surface area contributed by atoms with Crippen molar-refractivity contribution in [3.05, 3.63) is 127 Å². The van der Waals surface area contributed by atoms with Gasteiger partial charge in [-0.1, -0.05) is 84.9 Å². The van der Waals surface area contributed by atoms with E-state index in [9.17, 15) is 0 Å². The van der Waals surface area contributed by atoms with Crippen molar-refractivity contribution in [1.82, 2.24) is 0 Å². The first-order valence-electron chi connectivity index (χ1n) is 12.5. The summed E-state index contributed by atoms with van der Waals surface area (Å²) in [6, 6.07) is 44.1. The summed E-state index contributed by atoms with van der Waals surface area (Å²) in [6.07, 6.45) is 0. The van der Waals surface area contributed by atoms with E-state index >= 15 is 0 Å². The van der Waals surface area contributed by atoms with E-state index in [1.807, 2.05) is 18.2 Å². The fraction of sp³-hybridized carbons (Fsp3) is 0. The molecule has 6 aromatic carbocycles. The molecule has 3 heteroatoms. The fourth-order valence-corrected chi connectivity index (χ4v) is 5.61. The van der Waals surface area contributed by atoms with Crippen LogP contribution in [-0.4, -0.2) is 0 Å². The Kier molecular flexibility index (Phi) is 4.23. The van der Waals surface area contributed by atoms with Crippen LogP contribution in [0.4, 0.5) is 17.1 Å². The lowest BCUT2D eigenvalue weighted by atomic mass is 10.0. The highest BCUT2D eigenvalue weighted by Gasteiger charge is 2.23. The van der Waals surface area contributed by atoms with Crippen LogP contribution in [0.1, 0.15) is 0 Å². The highest BCUT2D eigenvalue weighted by Crippen LogP contribution is 2.46. The molecule has 0 saturated heterocycles. The van der Waals surface area contributed by atoms with Gasteiger partial charge in [-0.25, -0.2) is 0 Å². The minimum absolute atomic E-state index is 0.863. The molecule has 174 valence electrons. The minimum Gasteiger partial charge on any atom is -0.455 e. The van der Waals surface area contributed by atoms with E-state index < -0.39 is 0 Å². The molecular formula is C34H21NO2. The van der Waals surface area contributed by atoms with Gasteiger partial charge in [0.05, 0.1) is 16.8 Å². The standard InChI is InChI=1S/C34H21NO2/c1-2-11-23(12-3-1)35(29-17-8-15-26-25-14-6-7-18-30(25)36-34(26)29)28-16-9-19-31-32(28)27-21-20-22-10-4-5-13-24(22)33(27)37-31/h1-21H. The van der Waals surface area contributed by atoms with Crippen LogP contribution in [0.5, 0.6) is 0 Å². The highest BCUT2D eigenvalue weighted by molar-refractivity contribution is 6.20. The first kappa shape index (κ1) is 20.2. The van der Waals surface area contributed by atoms with Gasteiger partial charge >= 0.3 is 0 Å². The van der Waals surface area contributed by atoms with Crippen LogP contribution in [0.3, 0.4) is 0 Å². The lowest BCUT2D eigenvalue weighted by Gasteiger charge is -2.26. The van der Waals surface area contributed by atoms with Crippen molar-refractivity contribution in [2.24, 2.45) is 0 Å². The quantitative estimate of drug-likeness (QED) is 0.255. The highest BCUT2D eigenvalue weighted by atomic mass is 16.3. The summed E-state index contributed by atoms with van der Waals surface area (Å²) >= 11 is 0. The zero-order valence-corrected chi connectivity index (χ0v) is 19.9. The molecule has 37 heavy (non-hydrogen) atoms. The summed E-state index contributed by atoms with van der Waals surface area (Å²) in [5.41, 5.74) is 6.61. The topological polar surface area (TPSA) is 29.5 Å². The molecule has 0 atom stereocenters. The van der Waals surface area contributed by atoms with Crippen LogP contribution >= 0.6 is 0 Å². The average Bonchev–Trinajstić information content (AvgIpc) is 3.54. The Labute approximate surface area is 212 Å². The van der Waals surface area contributed by atoms with E-state index in [1.165, 1.54) is 5.39 Å². The maximum absolute atomic E-state index is 6.51. The predicted octanol–water partition coefficient (Wildman–Crippen LogP) is 10.1. The number of benzene rings is 6. The molecule has 0 aliphatic carbocycles. The second kappa shape index (κ2) is 7.74. The number of hydrogen-bond acceptors (Lipinski definition) is 3.